The number of likely N-dealkylation sites (tertiary alicyclic amines) is 1. The number of nitrogens with zero attached hydrogens (tertiary/aromatic N) is 2. The first kappa shape index (κ1) is 30.1. The minimum atomic E-state index is -1.06. The topological polar surface area (TPSA) is 104 Å². The molecule has 2 saturated heterocycles. The highest BCUT2D eigenvalue weighted by Crippen LogP contribution is 2.39. The molecule has 2 heterocycles. The van der Waals surface area contributed by atoms with Gasteiger partial charge in [0, 0.05) is 66.3 Å². The fourth-order valence-corrected chi connectivity index (χ4v) is 6.40. The maximum absolute atomic E-state index is 13.6. The van der Waals surface area contributed by atoms with Crippen molar-refractivity contribution in [2.45, 2.75) is 49.7 Å². The highest BCUT2D eigenvalue weighted by atomic mass is 35.5. The average molecular weight is 600 g/mol. The summed E-state index contributed by atoms with van der Waals surface area (Å²) >= 11 is 11.9. The summed E-state index contributed by atoms with van der Waals surface area (Å²) in [5.74, 6) is -0.0639. The van der Waals surface area contributed by atoms with E-state index in [1.54, 1.807) is 72.8 Å². The monoisotopic (exact) mass is 598 g/mol. The third kappa shape index (κ3) is 6.69. The van der Waals surface area contributed by atoms with E-state index in [9.17, 15) is 25.4 Å². The molecule has 0 radical (unpaired) electrons. The Bertz CT molecular complexity index is 1350. The number of halogens is 2. The predicted molar refractivity (Wildman–Crippen MR) is 162 cm³/mol. The maximum Gasteiger partial charge on any atom is 0.163 e. The van der Waals surface area contributed by atoms with E-state index in [2.05, 4.69) is 0 Å². The molecule has 0 saturated carbocycles. The minimum Gasteiger partial charge on any atom is -0.633 e. The van der Waals surface area contributed by atoms with Crippen molar-refractivity contribution in [3.05, 3.63) is 110 Å². The van der Waals surface area contributed by atoms with Gasteiger partial charge >= 0.3 is 0 Å². The summed E-state index contributed by atoms with van der Waals surface area (Å²) in [4.78, 5) is 12.9. The van der Waals surface area contributed by atoms with Crippen LogP contribution in [-0.4, -0.2) is 53.4 Å². The smallest absolute Gasteiger partial charge is 0.163 e. The van der Waals surface area contributed by atoms with Gasteiger partial charge in [-0.25, -0.2) is 0 Å². The molecular weight excluding hydrogens is 563 g/mol. The van der Waals surface area contributed by atoms with Gasteiger partial charge in [0.15, 0.2) is 5.78 Å². The molecule has 5 rings (SSSR count). The lowest BCUT2D eigenvalue weighted by molar-refractivity contribution is -0.888. The SMILES string of the molecule is O=C(CCC[N+]1([O-])CCC(O)(c2ccc(Cl)cc2)CC1)c1ccc([N+]2([O-])CCC(O)(c3ccc(Cl)cc3)CC2)cc1. The van der Waals surface area contributed by atoms with Crippen molar-refractivity contribution < 1.29 is 19.7 Å². The zero-order valence-electron chi connectivity index (χ0n) is 23.0. The Balaban J connectivity index is 1.11. The van der Waals surface area contributed by atoms with E-state index in [0.29, 0.717) is 73.0 Å². The van der Waals surface area contributed by atoms with Crippen LogP contribution in [0.3, 0.4) is 0 Å². The van der Waals surface area contributed by atoms with Gasteiger partial charge < -0.3 is 29.9 Å². The van der Waals surface area contributed by atoms with Crippen LogP contribution < -0.4 is 4.65 Å². The molecule has 0 aromatic heterocycles. The molecule has 41 heavy (non-hydrogen) atoms. The van der Waals surface area contributed by atoms with Gasteiger partial charge in [-0.05, 0) is 47.5 Å². The molecule has 218 valence electrons. The molecule has 3 aromatic rings. The highest BCUT2D eigenvalue weighted by Gasteiger charge is 2.40. The molecule has 3 aromatic carbocycles. The molecule has 2 N–H and O–H groups in total. The number of carbonyl (C=O) groups is 1. The fourth-order valence-electron chi connectivity index (χ4n) is 6.15. The van der Waals surface area contributed by atoms with Crippen LogP contribution in [0.4, 0.5) is 5.69 Å². The number of hydrogen-bond acceptors (Lipinski definition) is 5. The summed E-state index contributed by atoms with van der Waals surface area (Å²) in [5.41, 5.74) is 0.525. The lowest BCUT2D eigenvalue weighted by Crippen LogP contribution is -2.53. The Morgan fingerprint density at radius 2 is 1.15 bits per heavy atom. The number of benzene rings is 3. The van der Waals surface area contributed by atoms with Crippen LogP contribution in [0.25, 0.3) is 0 Å². The number of rotatable bonds is 8. The lowest BCUT2D eigenvalue weighted by atomic mass is 9.84. The second kappa shape index (κ2) is 11.7. The molecule has 7 nitrogen and oxygen atoms in total. The quantitative estimate of drug-likeness (QED) is 0.176. The van der Waals surface area contributed by atoms with Gasteiger partial charge in [0.1, 0.15) is 16.9 Å². The van der Waals surface area contributed by atoms with Crippen LogP contribution in [0, 0.1) is 10.4 Å². The van der Waals surface area contributed by atoms with E-state index in [-0.39, 0.29) is 25.3 Å². The summed E-state index contributed by atoms with van der Waals surface area (Å²) in [6.45, 7) is 1.35. The van der Waals surface area contributed by atoms with Gasteiger partial charge in [-0.2, -0.15) is 0 Å². The molecular formula is C32H36Cl2N2O5. The van der Waals surface area contributed by atoms with E-state index in [4.69, 9.17) is 23.2 Å². The maximum atomic E-state index is 13.6. The number of ketones is 1. The first-order valence-electron chi connectivity index (χ1n) is 14.2. The Hall–Kier alpha value is -2.33. The molecule has 2 fully saturated rings. The van der Waals surface area contributed by atoms with Crippen molar-refractivity contribution in [1.82, 2.24) is 4.65 Å². The standard InChI is InChI=1S/C32H36Cl2N2O5/c33-27-9-5-25(6-10-27)31(38)15-20-35(40,21-16-31)19-1-2-30(37)24-3-13-29(14-4-24)36(41)22-17-32(39,18-23-36)26-7-11-28(34)12-8-26/h3-14,38-39H,1-2,15-23H2. The molecule has 0 aliphatic carbocycles. The first-order valence-corrected chi connectivity index (χ1v) is 14.9. The van der Waals surface area contributed by atoms with Crippen molar-refractivity contribution in [3.8, 4) is 0 Å². The van der Waals surface area contributed by atoms with Crippen molar-refractivity contribution in [3.63, 3.8) is 0 Å². The Kier molecular flexibility index (Phi) is 8.63. The Labute approximate surface area is 250 Å². The molecule has 9 heteroatoms. The number of hydrogen-bond donors (Lipinski definition) is 2. The van der Waals surface area contributed by atoms with Gasteiger partial charge in [0.05, 0.1) is 32.7 Å². The van der Waals surface area contributed by atoms with Gasteiger partial charge in [-0.15, -0.1) is 0 Å². The third-order valence-corrected chi connectivity index (χ3v) is 9.54. The highest BCUT2D eigenvalue weighted by molar-refractivity contribution is 6.30. The van der Waals surface area contributed by atoms with E-state index < -0.39 is 20.5 Å². The number of carbonyl (C=O) groups excluding carboxylic acids is 1. The fraction of sp³-hybridized carbons (Fsp3) is 0.406. The number of aliphatic hydroxyl groups is 2. The van der Waals surface area contributed by atoms with Crippen LogP contribution >= 0.6 is 23.2 Å². The van der Waals surface area contributed by atoms with Crippen molar-refractivity contribution >= 4 is 34.7 Å². The van der Waals surface area contributed by atoms with Crippen LogP contribution in [0.1, 0.15) is 60.0 Å². The first-order chi connectivity index (χ1) is 19.4. The summed E-state index contributed by atoms with van der Waals surface area (Å²) in [6.07, 6.45) is 2.07. The van der Waals surface area contributed by atoms with Crippen molar-refractivity contribution in [2.24, 2.45) is 0 Å². The summed E-state index contributed by atoms with van der Waals surface area (Å²) < 4.78 is -0.969. The van der Waals surface area contributed by atoms with Gasteiger partial charge in [-0.3, -0.25) is 4.79 Å². The van der Waals surface area contributed by atoms with Gasteiger partial charge in [0.2, 0.25) is 0 Å². The second-order valence-electron chi connectivity index (χ2n) is 11.7. The molecule has 2 aliphatic rings. The molecule has 0 unspecified atom stereocenters. The van der Waals surface area contributed by atoms with E-state index in [0.717, 1.165) is 11.1 Å². The van der Waals surface area contributed by atoms with Crippen LogP contribution in [0.15, 0.2) is 72.8 Å². The number of hydroxylamine groups is 5. The molecule has 2 aliphatic heterocycles. The zero-order chi connectivity index (χ0) is 29.3. The molecule has 0 amide bonds. The minimum absolute atomic E-state index is 0.0639. The summed E-state index contributed by atoms with van der Waals surface area (Å²) in [6, 6.07) is 21.0. The largest absolute Gasteiger partial charge is 0.633 e. The Morgan fingerprint density at radius 1 is 0.707 bits per heavy atom. The van der Waals surface area contributed by atoms with Crippen LogP contribution in [-0.2, 0) is 11.2 Å². The summed E-state index contributed by atoms with van der Waals surface area (Å²) in [7, 11) is 0. The normalized spacial score (nSPS) is 30.2. The van der Waals surface area contributed by atoms with Gasteiger partial charge in [-0.1, -0.05) is 47.5 Å². The average Bonchev–Trinajstić information content (AvgIpc) is 2.97. The second-order valence-corrected chi connectivity index (χ2v) is 12.6. The van der Waals surface area contributed by atoms with Crippen molar-refractivity contribution in [1.29, 1.82) is 0 Å². The van der Waals surface area contributed by atoms with E-state index in [1.807, 2.05) is 0 Å². The number of piperidine rings is 2. The molecule has 0 bridgehead atoms. The Morgan fingerprint density at radius 3 is 1.61 bits per heavy atom. The molecule has 0 spiro atoms. The number of quaternary nitrogens is 2. The predicted octanol–water partition coefficient (Wildman–Crippen LogP) is 6.44. The van der Waals surface area contributed by atoms with E-state index in [1.165, 1.54) is 0 Å². The number of Topliss-reactive ketones (excluding diaryl/α,β-unsaturated/α-hetero) is 1. The lowest BCUT2D eigenvalue weighted by Gasteiger charge is -2.50. The molecule has 0 atom stereocenters. The zero-order valence-corrected chi connectivity index (χ0v) is 24.5. The van der Waals surface area contributed by atoms with Crippen LogP contribution in [0.2, 0.25) is 10.0 Å². The van der Waals surface area contributed by atoms with Crippen molar-refractivity contribution in [2.75, 3.05) is 32.7 Å². The third-order valence-electron chi connectivity index (χ3n) is 9.03. The summed E-state index contributed by atoms with van der Waals surface area (Å²) in [5, 5.41) is 50.2. The van der Waals surface area contributed by atoms with E-state index >= 15 is 0 Å². The van der Waals surface area contributed by atoms with Gasteiger partial charge in [0.25, 0.3) is 0 Å². The van der Waals surface area contributed by atoms with Crippen LogP contribution in [0.5, 0.6) is 0 Å².